The first-order valence-corrected chi connectivity index (χ1v) is 11.0. The zero-order valence-corrected chi connectivity index (χ0v) is 19.3. The first-order valence-electron chi connectivity index (χ1n) is 10.3. The van der Waals surface area contributed by atoms with Gasteiger partial charge in [-0.1, -0.05) is 18.2 Å². The predicted octanol–water partition coefficient (Wildman–Crippen LogP) is 4.85. The van der Waals surface area contributed by atoms with Gasteiger partial charge in [0.1, 0.15) is 18.2 Å². The molecule has 2 heterocycles. The van der Waals surface area contributed by atoms with Gasteiger partial charge in [-0.05, 0) is 70.7 Å². The molecular weight excluding hydrogens is 492 g/mol. The van der Waals surface area contributed by atoms with Crippen LogP contribution in [0.15, 0.2) is 76.1 Å². The van der Waals surface area contributed by atoms with Gasteiger partial charge in [-0.25, -0.2) is 8.78 Å². The maximum atomic E-state index is 13.7. The van der Waals surface area contributed by atoms with Gasteiger partial charge in [0.15, 0.2) is 0 Å². The minimum absolute atomic E-state index is 0.111. The van der Waals surface area contributed by atoms with E-state index in [1.54, 1.807) is 24.4 Å². The quantitative estimate of drug-likeness (QED) is 0.402. The van der Waals surface area contributed by atoms with Crippen LogP contribution in [0.2, 0.25) is 0 Å². The molecule has 2 aromatic heterocycles. The van der Waals surface area contributed by atoms with E-state index in [-0.39, 0.29) is 18.5 Å². The number of aromatic nitrogens is 2. The number of rotatable bonds is 6. The van der Waals surface area contributed by atoms with Gasteiger partial charge in [0.2, 0.25) is 5.91 Å². The number of para-hydroxylation sites is 1. The number of benzene rings is 2. The molecule has 0 spiro atoms. The largest absolute Gasteiger partial charge is 0.346 e. The molecule has 5 nitrogen and oxygen atoms in total. The second-order valence-electron chi connectivity index (χ2n) is 7.74. The number of hydrogen-bond acceptors (Lipinski definition) is 3. The standard InChI is InChI=1S/C25H20BrF2N3O2/c1-15-9-24(33)31(22-7-3-2-5-19(15)22)14-23(32)30-21(25-20(26)6-4-8-29-25)12-16-10-17(27)13-18(28)11-16/h2-11,13,21H,12,14H2,1H3,(H,30,32)/t21-/m0/s1. The first-order chi connectivity index (χ1) is 15.8. The van der Waals surface area contributed by atoms with Crippen molar-refractivity contribution in [3.8, 4) is 0 Å². The fourth-order valence-corrected chi connectivity index (χ4v) is 4.41. The average molecular weight is 512 g/mol. The molecular formula is C25H20BrF2N3O2. The van der Waals surface area contributed by atoms with Gasteiger partial charge in [0.05, 0.1) is 17.3 Å². The van der Waals surface area contributed by atoms with Crippen LogP contribution in [-0.2, 0) is 17.8 Å². The molecule has 0 saturated heterocycles. The second kappa shape index (κ2) is 9.62. The van der Waals surface area contributed by atoms with E-state index in [1.165, 1.54) is 22.8 Å². The third kappa shape index (κ3) is 5.17. The molecule has 0 radical (unpaired) electrons. The van der Waals surface area contributed by atoms with Gasteiger partial charge in [0, 0.05) is 28.2 Å². The van der Waals surface area contributed by atoms with Crippen molar-refractivity contribution in [1.82, 2.24) is 14.9 Å². The number of nitrogens with one attached hydrogen (secondary N) is 1. The number of carbonyl (C=O) groups is 1. The molecule has 0 saturated carbocycles. The monoisotopic (exact) mass is 511 g/mol. The Morgan fingerprint density at radius 3 is 2.55 bits per heavy atom. The lowest BCUT2D eigenvalue weighted by molar-refractivity contribution is -0.122. The molecule has 1 atom stereocenters. The smallest absolute Gasteiger partial charge is 0.251 e. The van der Waals surface area contributed by atoms with Crippen molar-refractivity contribution in [3.63, 3.8) is 0 Å². The van der Waals surface area contributed by atoms with Crippen LogP contribution in [0.25, 0.3) is 10.9 Å². The van der Waals surface area contributed by atoms with Crippen molar-refractivity contribution in [3.05, 3.63) is 110 Å². The molecule has 0 aliphatic carbocycles. The summed E-state index contributed by atoms with van der Waals surface area (Å²) in [6.45, 7) is 1.64. The molecule has 1 N–H and O–H groups in total. The Bertz CT molecular complexity index is 1380. The molecule has 1 amide bonds. The Kier molecular flexibility index (Phi) is 6.65. The molecule has 0 aliphatic rings. The van der Waals surface area contributed by atoms with Crippen LogP contribution in [0, 0.1) is 18.6 Å². The molecule has 33 heavy (non-hydrogen) atoms. The topological polar surface area (TPSA) is 64.0 Å². The van der Waals surface area contributed by atoms with E-state index in [2.05, 4.69) is 26.2 Å². The number of nitrogens with zero attached hydrogens (tertiary/aromatic N) is 2. The van der Waals surface area contributed by atoms with E-state index in [9.17, 15) is 18.4 Å². The molecule has 4 aromatic rings. The van der Waals surface area contributed by atoms with Crippen molar-refractivity contribution >= 4 is 32.7 Å². The second-order valence-corrected chi connectivity index (χ2v) is 8.60. The third-order valence-corrected chi connectivity index (χ3v) is 6.01. The predicted molar refractivity (Wildman–Crippen MR) is 126 cm³/mol. The molecule has 0 unspecified atom stereocenters. The summed E-state index contributed by atoms with van der Waals surface area (Å²) in [6, 6.07) is 14.9. The highest BCUT2D eigenvalue weighted by atomic mass is 79.9. The van der Waals surface area contributed by atoms with Crippen molar-refractivity contribution in [2.45, 2.75) is 25.9 Å². The van der Waals surface area contributed by atoms with E-state index < -0.39 is 23.6 Å². The SMILES string of the molecule is Cc1cc(=O)n(CC(=O)N[C@@H](Cc2cc(F)cc(F)c2)c2ncccc2Br)c2ccccc12. The van der Waals surface area contributed by atoms with Crippen LogP contribution in [0.4, 0.5) is 8.78 Å². The summed E-state index contributed by atoms with van der Waals surface area (Å²) in [7, 11) is 0. The van der Waals surface area contributed by atoms with Gasteiger partial charge in [-0.3, -0.25) is 19.1 Å². The van der Waals surface area contributed by atoms with Crippen LogP contribution < -0.4 is 10.9 Å². The summed E-state index contributed by atoms with van der Waals surface area (Å²) >= 11 is 3.43. The normalized spacial score (nSPS) is 12.0. The van der Waals surface area contributed by atoms with Gasteiger partial charge in [-0.15, -0.1) is 0 Å². The highest BCUT2D eigenvalue weighted by Crippen LogP contribution is 2.25. The summed E-state index contributed by atoms with van der Waals surface area (Å²) in [5, 5.41) is 3.76. The Labute approximate surface area is 197 Å². The lowest BCUT2D eigenvalue weighted by Crippen LogP contribution is -2.36. The van der Waals surface area contributed by atoms with Crippen molar-refractivity contribution < 1.29 is 13.6 Å². The minimum Gasteiger partial charge on any atom is -0.346 e. The average Bonchev–Trinajstić information content (AvgIpc) is 2.76. The molecule has 0 aliphatic heterocycles. The highest BCUT2D eigenvalue weighted by molar-refractivity contribution is 9.10. The zero-order valence-electron chi connectivity index (χ0n) is 17.7. The lowest BCUT2D eigenvalue weighted by Gasteiger charge is -2.21. The molecule has 8 heteroatoms. The fourth-order valence-electron chi connectivity index (χ4n) is 3.88. The summed E-state index contributed by atoms with van der Waals surface area (Å²) in [4.78, 5) is 30.0. The third-order valence-electron chi connectivity index (χ3n) is 5.34. The van der Waals surface area contributed by atoms with Gasteiger partial charge in [0.25, 0.3) is 5.56 Å². The van der Waals surface area contributed by atoms with E-state index in [1.807, 2.05) is 25.1 Å². The lowest BCUT2D eigenvalue weighted by atomic mass is 10.0. The van der Waals surface area contributed by atoms with Gasteiger partial charge >= 0.3 is 0 Å². The van der Waals surface area contributed by atoms with E-state index in [0.717, 1.165) is 17.0 Å². The number of fused-ring (bicyclic) bond motifs is 1. The number of halogens is 3. The van der Waals surface area contributed by atoms with E-state index >= 15 is 0 Å². The maximum Gasteiger partial charge on any atom is 0.251 e. The summed E-state index contributed by atoms with van der Waals surface area (Å²) in [5.41, 5.74) is 2.07. The Morgan fingerprint density at radius 2 is 1.82 bits per heavy atom. The van der Waals surface area contributed by atoms with Crippen LogP contribution in [0.1, 0.15) is 22.9 Å². The molecule has 0 bridgehead atoms. The Morgan fingerprint density at radius 1 is 1.09 bits per heavy atom. The zero-order chi connectivity index (χ0) is 23.5. The summed E-state index contributed by atoms with van der Waals surface area (Å²) < 4.78 is 29.5. The molecule has 4 rings (SSSR count). The first kappa shape index (κ1) is 22.8. The maximum absolute atomic E-state index is 13.7. The van der Waals surface area contributed by atoms with Crippen molar-refractivity contribution in [1.29, 1.82) is 0 Å². The van der Waals surface area contributed by atoms with Crippen molar-refractivity contribution in [2.24, 2.45) is 0 Å². The number of carbonyl (C=O) groups excluding carboxylic acids is 1. The molecule has 168 valence electrons. The molecule has 0 fully saturated rings. The van der Waals surface area contributed by atoms with Crippen LogP contribution in [0.3, 0.4) is 0 Å². The number of aryl methyl sites for hydroxylation is 1. The van der Waals surface area contributed by atoms with Crippen LogP contribution in [0.5, 0.6) is 0 Å². The number of hydrogen-bond donors (Lipinski definition) is 1. The Balaban J connectivity index is 1.66. The highest BCUT2D eigenvalue weighted by Gasteiger charge is 2.21. The Hall–Kier alpha value is -3.39. The number of amides is 1. The van der Waals surface area contributed by atoms with Crippen LogP contribution >= 0.6 is 15.9 Å². The number of pyridine rings is 2. The molecule has 2 aromatic carbocycles. The van der Waals surface area contributed by atoms with E-state index in [0.29, 0.717) is 21.2 Å². The summed E-state index contributed by atoms with van der Waals surface area (Å²) in [6.07, 6.45) is 1.68. The van der Waals surface area contributed by atoms with Gasteiger partial charge in [-0.2, -0.15) is 0 Å². The van der Waals surface area contributed by atoms with Crippen molar-refractivity contribution in [2.75, 3.05) is 0 Å². The summed E-state index contributed by atoms with van der Waals surface area (Å²) in [5.74, 6) is -1.83. The van der Waals surface area contributed by atoms with E-state index in [4.69, 9.17) is 0 Å². The van der Waals surface area contributed by atoms with Gasteiger partial charge < -0.3 is 5.32 Å². The minimum atomic E-state index is -0.701. The van der Waals surface area contributed by atoms with Crippen LogP contribution in [-0.4, -0.2) is 15.5 Å². The fraction of sp³-hybridized carbons (Fsp3) is 0.160.